The zero-order chi connectivity index (χ0) is 12.1. The Hall–Kier alpha value is -1.01. The summed E-state index contributed by atoms with van der Waals surface area (Å²) in [5.74, 6) is 0.552. The highest BCUT2D eigenvalue weighted by molar-refractivity contribution is 7.98. The van der Waals surface area contributed by atoms with Crippen molar-refractivity contribution in [2.24, 2.45) is 0 Å². The molecule has 1 rings (SSSR count). The van der Waals surface area contributed by atoms with Crippen molar-refractivity contribution in [2.45, 2.75) is 5.16 Å². The largest absolute Gasteiger partial charge is 0.358 e. The number of likely N-dealkylation sites (N-methyl/N-ethyl adjacent to an activating group) is 2. The van der Waals surface area contributed by atoms with Crippen molar-refractivity contribution in [1.82, 2.24) is 15.3 Å². The number of nitrogens with zero attached hydrogens (tertiary/aromatic N) is 3. The summed E-state index contributed by atoms with van der Waals surface area (Å²) in [5.41, 5.74) is 0. The molecule has 1 aromatic heterocycles. The highest BCUT2D eigenvalue weighted by atomic mass is 35.5. The van der Waals surface area contributed by atoms with E-state index in [2.05, 4.69) is 15.3 Å². The Balaban J connectivity index is 2.86. The average molecular weight is 261 g/mol. The maximum absolute atomic E-state index is 11.2. The van der Waals surface area contributed by atoms with Crippen LogP contribution in [-0.2, 0) is 4.79 Å². The van der Waals surface area contributed by atoms with Crippen molar-refractivity contribution in [1.29, 1.82) is 0 Å². The molecule has 7 heteroatoms. The van der Waals surface area contributed by atoms with Crippen LogP contribution in [0.25, 0.3) is 0 Å². The first kappa shape index (κ1) is 13.1. The minimum Gasteiger partial charge on any atom is -0.358 e. The molecule has 0 aliphatic rings. The highest BCUT2D eigenvalue weighted by Crippen LogP contribution is 2.19. The number of thioether (sulfide) groups is 1. The molecule has 88 valence electrons. The molecule has 1 aromatic rings. The first-order valence-electron chi connectivity index (χ1n) is 4.57. The van der Waals surface area contributed by atoms with Crippen molar-refractivity contribution in [3.63, 3.8) is 0 Å². The molecule has 0 aromatic carbocycles. The van der Waals surface area contributed by atoms with Gasteiger partial charge in [0, 0.05) is 20.2 Å². The number of hydrogen-bond acceptors (Lipinski definition) is 5. The van der Waals surface area contributed by atoms with Crippen molar-refractivity contribution < 1.29 is 4.79 Å². The fourth-order valence-electron chi connectivity index (χ4n) is 1.05. The van der Waals surface area contributed by atoms with Crippen LogP contribution in [0.2, 0.25) is 5.15 Å². The molecule has 0 unspecified atom stereocenters. The van der Waals surface area contributed by atoms with E-state index in [4.69, 9.17) is 11.6 Å². The number of aromatic nitrogens is 2. The minimum absolute atomic E-state index is 0.0806. The molecule has 1 heterocycles. The van der Waals surface area contributed by atoms with Gasteiger partial charge in [-0.3, -0.25) is 4.79 Å². The number of rotatable bonds is 4. The lowest BCUT2D eigenvalue weighted by Crippen LogP contribution is -2.33. The molecule has 0 radical (unpaired) electrons. The fraction of sp³-hybridized carbons (Fsp3) is 0.444. The number of carbonyl (C=O) groups excluding carboxylic acids is 1. The summed E-state index contributed by atoms with van der Waals surface area (Å²) in [5, 5.41) is 3.51. The van der Waals surface area contributed by atoms with Gasteiger partial charge in [-0.1, -0.05) is 23.4 Å². The van der Waals surface area contributed by atoms with Gasteiger partial charge in [-0.05, 0) is 6.26 Å². The molecule has 1 amide bonds. The second-order valence-corrected chi connectivity index (χ2v) is 4.23. The quantitative estimate of drug-likeness (QED) is 0.498. The number of hydrogen-bond donors (Lipinski definition) is 1. The Morgan fingerprint density at radius 1 is 1.62 bits per heavy atom. The molecule has 16 heavy (non-hydrogen) atoms. The first-order chi connectivity index (χ1) is 7.56. The van der Waals surface area contributed by atoms with Crippen LogP contribution in [0.4, 0.5) is 5.82 Å². The molecule has 0 saturated heterocycles. The zero-order valence-corrected chi connectivity index (χ0v) is 10.9. The van der Waals surface area contributed by atoms with E-state index in [1.165, 1.54) is 11.8 Å². The van der Waals surface area contributed by atoms with E-state index in [-0.39, 0.29) is 12.5 Å². The molecule has 0 aliphatic carbocycles. The third-order valence-electron chi connectivity index (χ3n) is 1.89. The summed E-state index contributed by atoms with van der Waals surface area (Å²) in [6.45, 7) is 0.234. The van der Waals surface area contributed by atoms with Gasteiger partial charge in [-0.15, -0.1) is 0 Å². The summed E-state index contributed by atoms with van der Waals surface area (Å²) in [4.78, 5) is 21.2. The SMILES string of the molecule is CNC(=O)CN(C)c1cc(Cl)nc(SC)n1. The van der Waals surface area contributed by atoms with Crippen molar-refractivity contribution in [2.75, 3.05) is 31.8 Å². The standard InChI is InChI=1S/C9H13ClN4OS/c1-11-8(15)5-14(2)7-4-6(10)12-9(13-7)16-3/h4H,5H2,1-3H3,(H,11,15). The summed E-state index contributed by atoms with van der Waals surface area (Å²) >= 11 is 7.26. The predicted molar refractivity (Wildman–Crippen MR) is 66.2 cm³/mol. The van der Waals surface area contributed by atoms with Crippen LogP contribution in [0.15, 0.2) is 11.2 Å². The van der Waals surface area contributed by atoms with Crippen LogP contribution in [0, 0.1) is 0 Å². The number of nitrogens with one attached hydrogen (secondary N) is 1. The smallest absolute Gasteiger partial charge is 0.239 e. The molecule has 1 N–H and O–H groups in total. The van der Waals surface area contributed by atoms with Crippen LogP contribution in [-0.4, -0.2) is 42.8 Å². The normalized spacial score (nSPS) is 10.0. The maximum atomic E-state index is 11.2. The van der Waals surface area contributed by atoms with Gasteiger partial charge >= 0.3 is 0 Å². The van der Waals surface area contributed by atoms with E-state index >= 15 is 0 Å². The van der Waals surface area contributed by atoms with Crippen LogP contribution in [0.3, 0.4) is 0 Å². The monoisotopic (exact) mass is 260 g/mol. The van der Waals surface area contributed by atoms with Crippen LogP contribution in [0.5, 0.6) is 0 Å². The van der Waals surface area contributed by atoms with Gasteiger partial charge in [0.15, 0.2) is 5.16 Å². The number of amides is 1. The van der Waals surface area contributed by atoms with Crippen molar-refractivity contribution in [3.05, 3.63) is 11.2 Å². The van der Waals surface area contributed by atoms with Gasteiger partial charge in [0.1, 0.15) is 11.0 Å². The molecule has 0 saturated carbocycles. The Morgan fingerprint density at radius 2 is 2.31 bits per heavy atom. The zero-order valence-electron chi connectivity index (χ0n) is 9.32. The summed E-state index contributed by atoms with van der Waals surface area (Å²) in [7, 11) is 3.37. The van der Waals surface area contributed by atoms with Crippen molar-refractivity contribution >= 4 is 35.1 Å². The summed E-state index contributed by atoms with van der Waals surface area (Å²) in [6, 6.07) is 1.63. The molecule has 0 spiro atoms. The Morgan fingerprint density at radius 3 is 2.88 bits per heavy atom. The van der Waals surface area contributed by atoms with Crippen LogP contribution >= 0.6 is 23.4 Å². The highest BCUT2D eigenvalue weighted by Gasteiger charge is 2.09. The van der Waals surface area contributed by atoms with E-state index in [0.717, 1.165) is 0 Å². The van der Waals surface area contributed by atoms with Crippen molar-refractivity contribution in [3.8, 4) is 0 Å². The van der Waals surface area contributed by atoms with E-state index < -0.39 is 0 Å². The van der Waals surface area contributed by atoms with E-state index in [9.17, 15) is 4.79 Å². The number of halogens is 1. The van der Waals surface area contributed by atoms with Gasteiger partial charge < -0.3 is 10.2 Å². The predicted octanol–water partition coefficient (Wildman–Crippen LogP) is 1.03. The van der Waals surface area contributed by atoms with E-state index in [1.807, 2.05) is 6.26 Å². The number of carbonyl (C=O) groups is 1. The maximum Gasteiger partial charge on any atom is 0.239 e. The van der Waals surface area contributed by atoms with Gasteiger partial charge in [-0.2, -0.15) is 0 Å². The molecule has 0 fully saturated rings. The molecule has 0 atom stereocenters. The first-order valence-corrected chi connectivity index (χ1v) is 6.17. The van der Waals surface area contributed by atoms with E-state index in [1.54, 1.807) is 25.1 Å². The lowest BCUT2D eigenvalue weighted by Gasteiger charge is -2.17. The summed E-state index contributed by atoms with van der Waals surface area (Å²) < 4.78 is 0. The van der Waals surface area contributed by atoms with Crippen LogP contribution in [0.1, 0.15) is 0 Å². The molecule has 0 bridgehead atoms. The van der Waals surface area contributed by atoms with Gasteiger partial charge in [0.05, 0.1) is 6.54 Å². The fourth-order valence-corrected chi connectivity index (χ4v) is 1.65. The molecule has 5 nitrogen and oxygen atoms in total. The second kappa shape index (κ2) is 5.91. The van der Waals surface area contributed by atoms with Gasteiger partial charge in [0.2, 0.25) is 5.91 Å². The third kappa shape index (κ3) is 3.53. The molecule has 0 aliphatic heterocycles. The average Bonchev–Trinajstić information content (AvgIpc) is 2.27. The van der Waals surface area contributed by atoms with E-state index in [0.29, 0.717) is 16.1 Å². The molecular formula is C9H13ClN4OS. The Bertz CT molecular complexity index is 388. The van der Waals surface area contributed by atoms with Gasteiger partial charge in [-0.25, -0.2) is 9.97 Å². The lowest BCUT2D eigenvalue weighted by molar-refractivity contribution is -0.119. The molecular weight excluding hydrogens is 248 g/mol. The lowest BCUT2D eigenvalue weighted by atomic mass is 10.4. The Labute approximate surface area is 104 Å². The minimum atomic E-state index is -0.0806. The Kier molecular flexibility index (Phi) is 4.82. The topological polar surface area (TPSA) is 58.1 Å². The van der Waals surface area contributed by atoms with Crippen LogP contribution < -0.4 is 10.2 Å². The second-order valence-electron chi connectivity index (χ2n) is 3.06. The third-order valence-corrected chi connectivity index (χ3v) is 2.64. The van der Waals surface area contributed by atoms with Gasteiger partial charge in [0.25, 0.3) is 0 Å². The summed E-state index contributed by atoms with van der Waals surface area (Å²) in [6.07, 6.45) is 1.87. The number of anilines is 1.